The van der Waals surface area contributed by atoms with Gasteiger partial charge >= 0.3 is 11.9 Å². The highest BCUT2D eigenvalue weighted by atomic mass is 16.4. The first-order valence-electron chi connectivity index (χ1n) is 9.96. The molecule has 0 fully saturated rings. The Balaban J connectivity index is 0.000000331. The van der Waals surface area contributed by atoms with Crippen molar-refractivity contribution >= 4 is 11.9 Å². The number of carbonyl (C=O) groups is 2. The van der Waals surface area contributed by atoms with Gasteiger partial charge in [-0.05, 0) is 48.2 Å². The summed E-state index contributed by atoms with van der Waals surface area (Å²) in [5.74, 6) is -5.45. The van der Waals surface area contributed by atoms with Crippen molar-refractivity contribution in [3.63, 3.8) is 0 Å². The van der Waals surface area contributed by atoms with E-state index in [4.69, 9.17) is 38.7 Å². The first-order chi connectivity index (χ1) is 14.9. The third-order valence-electron chi connectivity index (χ3n) is 3.05. The molecule has 0 amide bonds. The van der Waals surface area contributed by atoms with E-state index in [2.05, 4.69) is 0 Å². The van der Waals surface area contributed by atoms with Crippen LogP contribution in [-0.2, 0) is 22.4 Å². The topological polar surface area (TPSA) is 208 Å². The van der Waals surface area contributed by atoms with Crippen LogP contribution in [0.5, 0.6) is 23.0 Å². The largest absolute Gasteiger partial charge is 0.504 e. The molecular weight excluding hydrogens is 372 g/mol. The van der Waals surface area contributed by atoms with Crippen LogP contribution < -0.4 is 11.5 Å². The van der Waals surface area contributed by atoms with Crippen LogP contribution in [0.4, 0.5) is 0 Å². The number of hydrogen-bond donors (Lipinski definition) is 8. The predicted molar refractivity (Wildman–Crippen MR) is 98.2 cm³/mol. The van der Waals surface area contributed by atoms with E-state index in [1.54, 1.807) is 0 Å². The van der Waals surface area contributed by atoms with Gasteiger partial charge in [-0.25, -0.2) is 0 Å². The molecule has 0 aliphatic rings. The summed E-state index contributed by atoms with van der Waals surface area (Å²) in [6.45, 7) is 0. The Morgan fingerprint density at radius 3 is 1.68 bits per heavy atom. The van der Waals surface area contributed by atoms with Crippen molar-refractivity contribution < 1.29 is 47.1 Å². The zero-order valence-corrected chi connectivity index (χ0v) is 14.2. The van der Waals surface area contributed by atoms with E-state index in [0.29, 0.717) is 0 Å². The number of carboxylic acid groups (broad SMARTS) is 2. The number of carboxylic acids is 2. The molecule has 0 aliphatic heterocycles. The molecule has 2 aromatic carbocycles. The van der Waals surface area contributed by atoms with Crippen LogP contribution in [0.1, 0.15) is 18.0 Å². The summed E-state index contributed by atoms with van der Waals surface area (Å²) < 4.78 is 37.2. The second kappa shape index (κ2) is 10.00. The smallest absolute Gasteiger partial charge is 0.320 e. The predicted octanol–water partition coefficient (Wildman–Crippen LogP) is 0.104. The normalized spacial score (nSPS) is 18.9. The molecule has 0 aliphatic carbocycles. The zero-order valence-electron chi connectivity index (χ0n) is 19.2. The van der Waals surface area contributed by atoms with Crippen molar-refractivity contribution in [2.24, 2.45) is 11.5 Å². The highest BCUT2D eigenvalue weighted by Gasteiger charge is 2.13. The lowest BCUT2D eigenvalue weighted by Crippen LogP contribution is -2.32. The van der Waals surface area contributed by atoms with E-state index in [-0.39, 0.29) is 16.9 Å². The van der Waals surface area contributed by atoms with E-state index in [1.165, 1.54) is 6.07 Å². The van der Waals surface area contributed by atoms with Gasteiger partial charge in [0.1, 0.15) is 12.0 Å². The molecule has 0 spiro atoms. The van der Waals surface area contributed by atoms with Crippen LogP contribution in [-0.4, -0.2) is 54.6 Å². The van der Waals surface area contributed by atoms with Gasteiger partial charge < -0.3 is 42.1 Å². The zero-order chi connectivity index (χ0) is 25.9. The van der Waals surface area contributed by atoms with Gasteiger partial charge in [0, 0.05) is 4.11 Å². The van der Waals surface area contributed by atoms with Crippen LogP contribution in [0.2, 0.25) is 0 Å². The van der Waals surface area contributed by atoms with Gasteiger partial charge in [0.25, 0.3) is 0 Å². The first-order valence-corrected chi connectivity index (χ1v) is 7.38. The van der Waals surface area contributed by atoms with E-state index >= 15 is 0 Å². The number of aromatic hydroxyl groups is 4. The molecule has 28 heavy (non-hydrogen) atoms. The molecule has 0 heterocycles. The minimum Gasteiger partial charge on any atom is -0.504 e. The second-order valence-corrected chi connectivity index (χ2v) is 5.20. The first kappa shape index (κ1) is 15.5. The molecule has 10 nitrogen and oxygen atoms in total. The number of nitrogens with two attached hydrogens (primary N) is 2. The van der Waals surface area contributed by atoms with Crippen molar-refractivity contribution in [2.45, 2.75) is 24.8 Å². The van der Waals surface area contributed by atoms with Crippen LogP contribution in [0, 0.1) is 0 Å². The maximum absolute atomic E-state index is 10.7. The van der Waals surface area contributed by atoms with Gasteiger partial charge in [0.2, 0.25) is 0 Å². The van der Waals surface area contributed by atoms with Crippen LogP contribution in [0.15, 0.2) is 36.4 Å². The quantitative estimate of drug-likeness (QED) is 0.307. The van der Waals surface area contributed by atoms with E-state index < -0.39 is 54.0 Å². The van der Waals surface area contributed by atoms with E-state index in [0.717, 1.165) is 30.3 Å². The van der Waals surface area contributed by atoms with Crippen LogP contribution in [0.3, 0.4) is 0 Å². The highest BCUT2D eigenvalue weighted by molar-refractivity contribution is 5.74. The van der Waals surface area contributed by atoms with E-state index in [1.807, 2.05) is 0 Å². The van der Waals surface area contributed by atoms with Crippen molar-refractivity contribution in [3.8, 4) is 23.0 Å². The lowest BCUT2D eigenvalue weighted by Gasteiger charge is -2.06. The molecule has 3 atom stereocenters. The number of benzene rings is 2. The van der Waals surface area contributed by atoms with Gasteiger partial charge in [-0.1, -0.05) is 12.1 Å². The summed E-state index contributed by atoms with van der Waals surface area (Å²) in [7, 11) is 0. The molecule has 0 radical (unpaired) electrons. The van der Waals surface area contributed by atoms with Crippen molar-refractivity contribution in [2.75, 3.05) is 0 Å². The Hall–Kier alpha value is -3.50. The minimum atomic E-state index is -2.91. The Morgan fingerprint density at radius 2 is 1.25 bits per heavy atom. The summed E-state index contributed by atoms with van der Waals surface area (Å²) in [5, 5.41) is 53.8. The van der Waals surface area contributed by atoms with Gasteiger partial charge in [-0.3, -0.25) is 9.59 Å². The fourth-order valence-electron chi connectivity index (χ4n) is 1.68. The molecule has 0 saturated heterocycles. The molecule has 10 heteroatoms. The average Bonchev–Trinajstić information content (AvgIpc) is 2.71. The monoisotopic (exact) mass is 399 g/mol. The molecule has 0 bridgehead atoms. The maximum atomic E-state index is 10.7. The number of phenolic OH excluding ortho intramolecular Hbond substituents is 4. The molecule has 2 aromatic rings. The fourth-order valence-corrected chi connectivity index (χ4v) is 1.68. The molecule has 10 N–H and O–H groups in total. The van der Waals surface area contributed by atoms with Gasteiger partial charge in [-0.15, -0.1) is 0 Å². The maximum Gasteiger partial charge on any atom is 0.320 e. The van der Waals surface area contributed by atoms with Crippen LogP contribution in [0.25, 0.3) is 0 Å². The van der Waals surface area contributed by atoms with Crippen molar-refractivity contribution in [1.82, 2.24) is 0 Å². The minimum absolute atomic E-state index is 0.0372. The lowest BCUT2D eigenvalue weighted by molar-refractivity contribution is -0.139. The number of hydrogen-bond acceptors (Lipinski definition) is 8. The Labute approximate surface area is 166 Å². The summed E-state index contributed by atoms with van der Waals surface area (Å²) in [6, 6.07) is 0.783. The molecule has 152 valence electrons. The summed E-state index contributed by atoms with van der Waals surface area (Å²) in [5.41, 5.74) is 9.99. The fraction of sp³-hybridized carbons (Fsp3) is 0.222. The standard InChI is InChI=1S/2C9H11NO4/c2*10-6(9(13)14)3-5-1-2-7(11)8(12)4-5/h2*1-2,4,6,11-12H,3,10H2,(H,13,14)/t2*6-/m00/s1/i3D2,6D;3D,6D/tm;3?,6-. The van der Waals surface area contributed by atoms with Crippen LogP contribution >= 0.6 is 0 Å². The second-order valence-electron chi connectivity index (χ2n) is 5.20. The SMILES string of the molecule is [2H]C([2H])(c1ccc(O)c(O)c1)[C@]([2H])(N)C(=O)O.[2H]C(c1ccc(O)c(O)c1)[C@]([2H])(N)C(=O)O. The summed E-state index contributed by atoms with van der Waals surface area (Å²) >= 11 is 0. The van der Waals surface area contributed by atoms with Crippen molar-refractivity contribution in [3.05, 3.63) is 47.5 Å². The average molecular weight is 399 g/mol. The summed E-state index contributed by atoms with van der Waals surface area (Å²) in [6.07, 6.45) is -4.30. The molecular formula is C18H22N2O8. The van der Waals surface area contributed by atoms with Gasteiger partial charge in [-0.2, -0.15) is 0 Å². The molecule has 1 unspecified atom stereocenters. The van der Waals surface area contributed by atoms with E-state index in [9.17, 15) is 19.8 Å². The van der Waals surface area contributed by atoms with Gasteiger partial charge in [0.15, 0.2) is 23.0 Å². The number of phenols is 4. The highest BCUT2D eigenvalue weighted by Crippen LogP contribution is 2.26. The van der Waals surface area contributed by atoms with Gasteiger partial charge in [0.05, 0.1) is 2.74 Å². The van der Waals surface area contributed by atoms with Crippen molar-refractivity contribution in [1.29, 1.82) is 0 Å². The third kappa shape index (κ3) is 7.02. The Morgan fingerprint density at radius 1 is 0.821 bits per heavy atom. The number of aliphatic carboxylic acids is 2. The third-order valence-corrected chi connectivity index (χ3v) is 3.05. The molecule has 0 saturated carbocycles. The lowest BCUT2D eigenvalue weighted by atomic mass is 10.1. The summed E-state index contributed by atoms with van der Waals surface area (Å²) in [4.78, 5) is 21.4. The Bertz CT molecular complexity index is 1050. The molecule has 2 rings (SSSR count). The Kier molecular flexibility index (Phi) is 5.55. The molecule has 0 aromatic heterocycles. The number of rotatable bonds is 6.